The third-order valence-corrected chi connectivity index (χ3v) is 3.89. The Balaban J connectivity index is 2.66. The van der Waals surface area contributed by atoms with Gasteiger partial charge < -0.3 is 9.47 Å². The van der Waals surface area contributed by atoms with E-state index in [-0.39, 0.29) is 5.97 Å². The second-order valence-corrected chi connectivity index (χ2v) is 5.89. The van der Waals surface area contributed by atoms with Crippen molar-refractivity contribution in [3.8, 4) is 0 Å². The van der Waals surface area contributed by atoms with Gasteiger partial charge in [0.2, 0.25) is 0 Å². The molecule has 4 nitrogen and oxygen atoms in total. The van der Waals surface area contributed by atoms with Crippen molar-refractivity contribution in [1.82, 2.24) is 5.32 Å². The lowest BCUT2D eigenvalue weighted by Gasteiger charge is -2.42. The summed E-state index contributed by atoms with van der Waals surface area (Å²) in [5.41, 5.74) is -0.164. The Bertz CT molecular complexity index is 266. The standard InChI is InChI=1S/C14H27NO3/c1-5-18-12(16)14(15-10-11-17-4)8-6-13(2,3)7-9-14/h15H,5-11H2,1-4H3. The van der Waals surface area contributed by atoms with E-state index in [2.05, 4.69) is 19.2 Å². The molecule has 0 bridgehead atoms. The van der Waals surface area contributed by atoms with Crippen LogP contribution in [0.3, 0.4) is 0 Å². The molecule has 0 aromatic heterocycles. The van der Waals surface area contributed by atoms with Gasteiger partial charge in [-0.25, -0.2) is 0 Å². The molecule has 0 heterocycles. The number of ether oxygens (including phenoxy) is 2. The fourth-order valence-corrected chi connectivity index (χ4v) is 2.47. The maximum atomic E-state index is 12.2. The molecule has 0 spiro atoms. The third-order valence-electron chi connectivity index (χ3n) is 3.89. The Hall–Kier alpha value is -0.610. The molecule has 18 heavy (non-hydrogen) atoms. The van der Waals surface area contributed by atoms with Crippen LogP contribution in [0.25, 0.3) is 0 Å². The van der Waals surface area contributed by atoms with Crippen molar-refractivity contribution >= 4 is 5.97 Å². The molecule has 1 saturated carbocycles. The summed E-state index contributed by atoms with van der Waals surface area (Å²) in [6, 6.07) is 0. The molecule has 1 rings (SSSR count). The molecule has 106 valence electrons. The molecule has 0 radical (unpaired) electrons. The Kier molecular flexibility index (Phi) is 5.60. The highest BCUT2D eigenvalue weighted by Crippen LogP contribution is 2.40. The predicted molar refractivity (Wildman–Crippen MR) is 71.5 cm³/mol. The van der Waals surface area contributed by atoms with Crippen molar-refractivity contribution < 1.29 is 14.3 Å². The molecule has 1 aliphatic carbocycles. The zero-order valence-electron chi connectivity index (χ0n) is 12.2. The minimum atomic E-state index is -0.496. The van der Waals surface area contributed by atoms with Gasteiger partial charge in [0.1, 0.15) is 5.54 Å². The van der Waals surface area contributed by atoms with E-state index in [0.717, 1.165) is 25.7 Å². The molecule has 4 heteroatoms. The Labute approximate surface area is 110 Å². The highest BCUT2D eigenvalue weighted by molar-refractivity contribution is 5.81. The molecular weight excluding hydrogens is 230 g/mol. The summed E-state index contributed by atoms with van der Waals surface area (Å²) < 4.78 is 10.3. The molecule has 0 amide bonds. The van der Waals surface area contributed by atoms with Crippen LogP contribution in [0.2, 0.25) is 0 Å². The van der Waals surface area contributed by atoms with Crippen molar-refractivity contribution in [3.63, 3.8) is 0 Å². The van der Waals surface area contributed by atoms with Crippen LogP contribution < -0.4 is 5.32 Å². The van der Waals surface area contributed by atoms with Crippen molar-refractivity contribution in [3.05, 3.63) is 0 Å². The van der Waals surface area contributed by atoms with Crippen LogP contribution in [0.5, 0.6) is 0 Å². The predicted octanol–water partition coefficient (Wildman–Crippen LogP) is 2.12. The number of esters is 1. The Morgan fingerprint density at radius 3 is 2.33 bits per heavy atom. The average molecular weight is 257 g/mol. The van der Waals surface area contributed by atoms with Gasteiger partial charge in [-0.3, -0.25) is 10.1 Å². The average Bonchev–Trinajstić information content (AvgIpc) is 2.32. The monoisotopic (exact) mass is 257 g/mol. The van der Waals surface area contributed by atoms with Crippen LogP contribution in [0.1, 0.15) is 46.5 Å². The van der Waals surface area contributed by atoms with Gasteiger partial charge in [0.15, 0.2) is 0 Å². The lowest BCUT2D eigenvalue weighted by Crippen LogP contribution is -2.56. The molecule has 1 aliphatic rings. The van der Waals surface area contributed by atoms with E-state index in [1.165, 1.54) is 0 Å². The van der Waals surface area contributed by atoms with E-state index >= 15 is 0 Å². The second-order valence-electron chi connectivity index (χ2n) is 5.89. The van der Waals surface area contributed by atoms with Gasteiger partial charge in [-0.2, -0.15) is 0 Å². The van der Waals surface area contributed by atoms with Crippen LogP contribution in [0.4, 0.5) is 0 Å². The minimum absolute atomic E-state index is 0.100. The van der Waals surface area contributed by atoms with E-state index in [4.69, 9.17) is 9.47 Å². The van der Waals surface area contributed by atoms with Gasteiger partial charge in [-0.05, 0) is 38.0 Å². The molecule has 0 aromatic carbocycles. The first kappa shape index (κ1) is 15.4. The lowest BCUT2D eigenvalue weighted by molar-refractivity contribution is -0.154. The van der Waals surface area contributed by atoms with Gasteiger partial charge in [-0.1, -0.05) is 13.8 Å². The number of rotatable bonds is 6. The third kappa shape index (κ3) is 3.95. The highest BCUT2D eigenvalue weighted by Gasteiger charge is 2.44. The summed E-state index contributed by atoms with van der Waals surface area (Å²) in [6.45, 7) is 8.12. The van der Waals surface area contributed by atoms with Crippen LogP contribution in [-0.4, -0.2) is 38.4 Å². The van der Waals surface area contributed by atoms with Gasteiger partial charge in [0.05, 0.1) is 13.2 Å². The van der Waals surface area contributed by atoms with Crippen LogP contribution >= 0.6 is 0 Å². The zero-order chi connectivity index (χ0) is 13.6. The first-order valence-corrected chi connectivity index (χ1v) is 6.87. The first-order valence-electron chi connectivity index (χ1n) is 6.87. The number of methoxy groups -OCH3 is 1. The molecule has 0 aliphatic heterocycles. The summed E-state index contributed by atoms with van der Waals surface area (Å²) >= 11 is 0. The summed E-state index contributed by atoms with van der Waals surface area (Å²) in [5.74, 6) is -0.100. The quantitative estimate of drug-likeness (QED) is 0.585. The van der Waals surface area contributed by atoms with E-state index in [1.807, 2.05) is 6.92 Å². The molecule has 0 atom stereocenters. The molecule has 0 unspecified atom stereocenters. The van der Waals surface area contributed by atoms with Crippen molar-refractivity contribution in [2.24, 2.45) is 5.41 Å². The van der Waals surface area contributed by atoms with Crippen molar-refractivity contribution in [2.45, 2.75) is 52.0 Å². The minimum Gasteiger partial charge on any atom is -0.465 e. The van der Waals surface area contributed by atoms with E-state index in [1.54, 1.807) is 7.11 Å². The zero-order valence-corrected chi connectivity index (χ0v) is 12.2. The summed E-state index contributed by atoms with van der Waals surface area (Å²) in [6.07, 6.45) is 3.79. The van der Waals surface area contributed by atoms with Gasteiger partial charge in [-0.15, -0.1) is 0 Å². The maximum absolute atomic E-state index is 12.2. The summed E-state index contributed by atoms with van der Waals surface area (Å²) in [5, 5.41) is 3.36. The first-order chi connectivity index (χ1) is 8.46. The van der Waals surface area contributed by atoms with Crippen molar-refractivity contribution in [2.75, 3.05) is 26.9 Å². The summed E-state index contributed by atoms with van der Waals surface area (Å²) in [7, 11) is 1.67. The largest absolute Gasteiger partial charge is 0.465 e. The molecule has 1 fully saturated rings. The van der Waals surface area contributed by atoms with Gasteiger partial charge >= 0.3 is 5.97 Å². The van der Waals surface area contributed by atoms with Gasteiger partial charge in [0.25, 0.3) is 0 Å². The molecule has 1 N–H and O–H groups in total. The number of hydrogen-bond donors (Lipinski definition) is 1. The van der Waals surface area contributed by atoms with Crippen LogP contribution in [0, 0.1) is 5.41 Å². The fourth-order valence-electron chi connectivity index (χ4n) is 2.47. The fraction of sp³-hybridized carbons (Fsp3) is 0.929. The number of nitrogens with one attached hydrogen (secondary N) is 1. The smallest absolute Gasteiger partial charge is 0.326 e. The number of carbonyl (C=O) groups excluding carboxylic acids is 1. The number of hydrogen-bond acceptors (Lipinski definition) is 4. The topological polar surface area (TPSA) is 47.6 Å². The maximum Gasteiger partial charge on any atom is 0.326 e. The van der Waals surface area contributed by atoms with Gasteiger partial charge in [0, 0.05) is 13.7 Å². The molecule has 0 aromatic rings. The van der Waals surface area contributed by atoms with E-state index in [0.29, 0.717) is 25.2 Å². The Morgan fingerprint density at radius 1 is 1.22 bits per heavy atom. The van der Waals surface area contributed by atoms with Crippen LogP contribution in [0.15, 0.2) is 0 Å². The van der Waals surface area contributed by atoms with E-state index < -0.39 is 5.54 Å². The highest BCUT2D eigenvalue weighted by atomic mass is 16.5. The lowest BCUT2D eigenvalue weighted by atomic mass is 9.69. The van der Waals surface area contributed by atoms with Crippen LogP contribution in [-0.2, 0) is 14.3 Å². The van der Waals surface area contributed by atoms with Crippen molar-refractivity contribution in [1.29, 1.82) is 0 Å². The number of carbonyl (C=O) groups is 1. The molecular formula is C14H27NO3. The van der Waals surface area contributed by atoms with E-state index in [9.17, 15) is 4.79 Å². The second kappa shape index (κ2) is 6.53. The summed E-state index contributed by atoms with van der Waals surface area (Å²) in [4.78, 5) is 12.2. The Morgan fingerprint density at radius 2 is 1.83 bits per heavy atom. The SMILES string of the molecule is CCOC(=O)C1(NCCOC)CCC(C)(C)CC1. The normalized spacial score (nSPS) is 21.6. The molecule has 0 saturated heterocycles.